The van der Waals surface area contributed by atoms with E-state index in [4.69, 9.17) is 0 Å². The average Bonchev–Trinajstić information content (AvgIpc) is 2.25. The molecule has 1 aromatic carbocycles. The minimum absolute atomic E-state index is 0.0727. The summed E-state index contributed by atoms with van der Waals surface area (Å²) in [6, 6.07) is 2.44. The number of phenolic OH excluding ortho intramolecular Hbond substituents is 3. The number of fused-ring (bicyclic) bond motifs is 2. The van der Waals surface area contributed by atoms with Gasteiger partial charge in [0.2, 0.25) is 0 Å². The van der Waals surface area contributed by atoms with Crippen molar-refractivity contribution < 1.29 is 20.1 Å². The Balaban J connectivity index is 2.06. The van der Waals surface area contributed by atoms with Crippen molar-refractivity contribution in [2.24, 2.45) is 17.3 Å². The molecule has 0 aliphatic heterocycles. The Morgan fingerprint density at radius 1 is 1.16 bits per heavy atom. The summed E-state index contributed by atoms with van der Waals surface area (Å²) in [6.45, 7) is 4.15. The van der Waals surface area contributed by atoms with Crippen LogP contribution >= 0.6 is 0 Å². The fraction of sp³-hybridized carbons (Fsp3) is 0.533. The molecule has 19 heavy (non-hydrogen) atoms. The Morgan fingerprint density at radius 2 is 1.74 bits per heavy atom. The molecule has 2 bridgehead atoms. The summed E-state index contributed by atoms with van der Waals surface area (Å²) >= 11 is 0. The predicted molar refractivity (Wildman–Crippen MR) is 69.2 cm³/mol. The quantitative estimate of drug-likeness (QED) is 0.726. The van der Waals surface area contributed by atoms with E-state index in [1.54, 1.807) is 0 Å². The van der Waals surface area contributed by atoms with E-state index in [1.165, 1.54) is 12.1 Å². The number of aromatic hydroxyl groups is 3. The van der Waals surface area contributed by atoms with Crippen LogP contribution in [0, 0.1) is 17.3 Å². The van der Waals surface area contributed by atoms with Crippen LogP contribution in [0.15, 0.2) is 12.1 Å². The smallest absolute Gasteiger partial charge is 0.137 e. The van der Waals surface area contributed by atoms with Gasteiger partial charge in [-0.3, -0.25) is 4.79 Å². The number of Topliss-reactive ketones (excluding diaryl/α,β-unsaturated/α-hetero) is 1. The SMILES string of the molecule is CC1(C)[C@@H]2C[C@H]1C(=O)C[C@H]2c1c(O)cc(O)cc1O. The lowest BCUT2D eigenvalue weighted by Gasteiger charge is -2.58. The van der Waals surface area contributed by atoms with Crippen LogP contribution in [0.2, 0.25) is 0 Å². The zero-order valence-electron chi connectivity index (χ0n) is 11.1. The van der Waals surface area contributed by atoms with Crippen molar-refractivity contribution in [1.82, 2.24) is 0 Å². The van der Waals surface area contributed by atoms with Crippen LogP contribution in [-0.4, -0.2) is 21.1 Å². The Bertz CT molecular complexity index is 538. The molecule has 3 aliphatic rings. The van der Waals surface area contributed by atoms with Gasteiger partial charge in [-0.15, -0.1) is 0 Å². The molecular formula is C15H18O4. The number of rotatable bonds is 1. The largest absolute Gasteiger partial charge is 0.508 e. The maximum Gasteiger partial charge on any atom is 0.137 e. The molecular weight excluding hydrogens is 244 g/mol. The van der Waals surface area contributed by atoms with Gasteiger partial charge in [-0.25, -0.2) is 0 Å². The number of carbonyl (C=O) groups excluding carboxylic acids is 1. The number of hydrogen-bond donors (Lipinski definition) is 3. The standard InChI is InChI=1S/C15H18O4/c1-15(2)9-6-10(15)11(17)5-8(9)14-12(18)3-7(16)4-13(14)19/h3-4,8-10,16,18-19H,5-6H2,1-2H3/t8-,9-,10+/m1/s1. The van der Waals surface area contributed by atoms with Crippen molar-refractivity contribution in [2.45, 2.75) is 32.6 Å². The summed E-state index contributed by atoms with van der Waals surface area (Å²) in [4.78, 5) is 12.1. The highest BCUT2D eigenvalue weighted by Crippen LogP contribution is 2.64. The third kappa shape index (κ3) is 1.55. The molecule has 3 saturated carbocycles. The molecule has 3 aliphatic carbocycles. The average molecular weight is 262 g/mol. The van der Waals surface area contributed by atoms with Gasteiger partial charge in [-0.1, -0.05) is 13.8 Å². The van der Waals surface area contributed by atoms with E-state index in [-0.39, 0.29) is 46.2 Å². The first-order chi connectivity index (χ1) is 8.82. The van der Waals surface area contributed by atoms with E-state index < -0.39 is 0 Å². The fourth-order valence-corrected chi connectivity index (χ4v) is 3.98. The van der Waals surface area contributed by atoms with E-state index in [9.17, 15) is 20.1 Å². The fourth-order valence-electron chi connectivity index (χ4n) is 3.98. The summed E-state index contributed by atoms with van der Waals surface area (Å²) in [7, 11) is 0. The third-order valence-corrected chi connectivity index (χ3v) is 5.13. The number of hydrogen-bond acceptors (Lipinski definition) is 4. The van der Waals surface area contributed by atoms with E-state index in [0.29, 0.717) is 12.0 Å². The lowest BCUT2D eigenvalue weighted by molar-refractivity contribution is -0.151. The Hall–Kier alpha value is -1.71. The van der Waals surface area contributed by atoms with Crippen molar-refractivity contribution in [1.29, 1.82) is 0 Å². The van der Waals surface area contributed by atoms with Crippen molar-refractivity contribution in [3.8, 4) is 17.2 Å². The molecule has 4 nitrogen and oxygen atoms in total. The van der Waals surface area contributed by atoms with Crippen LogP contribution in [0.3, 0.4) is 0 Å². The van der Waals surface area contributed by atoms with E-state index >= 15 is 0 Å². The number of carbonyl (C=O) groups is 1. The first-order valence-corrected chi connectivity index (χ1v) is 6.60. The minimum atomic E-state index is -0.174. The van der Waals surface area contributed by atoms with Gasteiger partial charge in [0.25, 0.3) is 0 Å². The Kier molecular flexibility index (Phi) is 2.37. The van der Waals surface area contributed by atoms with Gasteiger partial charge in [0.1, 0.15) is 23.0 Å². The normalized spacial score (nSPS) is 31.9. The topological polar surface area (TPSA) is 77.8 Å². The van der Waals surface area contributed by atoms with Crippen LogP contribution in [-0.2, 0) is 4.79 Å². The second kappa shape index (κ2) is 3.65. The van der Waals surface area contributed by atoms with Gasteiger partial charge in [0.05, 0.1) is 0 Å². The maximum atomic E-state index is 12.1. The zero-order valence-corrected chi connectivity index (χ0v) is 11.1. The van der Waals surface area contributed by atoms with Crippen molar-refractivity contribution in [2.75, 3.05) is 0 Å². The molecule has 0 heterocycles. The monoisotopic (exact) mass is 262 g/mol. The maximum absolute atomic E-state index is 12.1. The molecule has 102 valence electrons. The molecule has 0 spiro atoms. The number of benzene rings is 1. The van der Waals surface area contributed by atoms with Crippen LogP contribution in [0.4, 0.5) is 0 Å². The Morgan fingerprint density at radius 3 is 2.21 bits per heavy atom. The van der Waals surface area contributed by atoms with Crippen LogP contribution in [0.25, 0.3) is 0 Å². The molecule has 3 N–H and O–H groups in total. The number of ketones is 1. The zero-order chi connectivity index (χ0) is 13.9. The van der Waals surface area contributed by atoms with Gasteiger partial charge in [0, 0.05) is 36.0 Å². The second-order valence-corrected chi connectivity index (χ2v) is 6.39. The minimum Gasteiger partial charge on any atom is -0.508 e. The van der Waals surface area contributed by atoms with Gasteiger partial charge in [-0.05, 0) is 17.8 Å². The second-order valence-electron chi connectivity index (χ2n) is 6.39. The molecule has 0 amide bonds. The summed E-state index contributed by atoms with van der Waals surface area (Å²) in [5.74, 6) is 0.0312. The number of phenols is 3. The third-order valence-electron chi connectivity index (χ3n) is 5.13. The lowest BCUT2D eigenvalue weighted by Crippen LogP contribution is -2.56. The van der Waals surface area contributed by atoms with Gasteiger partial charge < -0.3 is 15.3 Å². The van der Waals surface area contributed by atoms with Gasteiger partial charge in [-0.2, -0.15) is 0 Å². The van der Waals surface area contributed by atoms with Crippen LogP contribution in [0.1, 0.15) is 38.2 Å². The van der Waals surface area contributed by atoms with Crippen molar-refractivity contribution in [3.05, 3.63) is 17.7 Å². The predicted octanol–water partition coefficient (Wildman–Crippen LogP) is 2.52. The Labute approximate surface area is 111 Å². The van der Waals surface area contributed by atoms with E-state index in [0.717, 1.165) is 6.42 Å². The highest BCUT2D eigenvalue weighted by atomic mass is 16.3. The van der Waals surface area contributed by atoms with Gasteiger partial charge in [0.15, 0.2) is 0 Å². The van der Waals surface area contributed by atoms with E-state index in [1.807, 2.05) is 0 Å². The summed E-state index contributed by atoms with van der Waals surface area (Å²) in [5.41, 5.74) is 0.332. The van der Waals surface area contributed by atoms with E-state index in [2.05, 4.69) is 13.8 Å². The molecule has 0 saturated heterocycles. The molecule has 3 fully saturated rings. The van der Waals surface area contributed by atoms with Crippen molar-refractivity contribution in [3.63, 3.8) is 0 Å². The summed E-state index contributed by atoms with van der Waals surface area (Å²) in [6.07, 6.45) is 1.20. The molecule has 1 aromatic rings. The van der Waals surface area contributed by atoms with Crippen LogP contribution in [0.5, 0.6) is 17.2 Å². The molecule has 0 aromatic heterocycles. The summed E-state index contributed by atoms with van der Waals surface area (Å²) in [5, 5.41) is 29.3. The molecule has 0 unspecified atom stereocenters. The highest BCUT2D eigenvalue weighted by molar-refractivity contribution is 5.86. The molecule has 0 radical (unpaired) electrons. The molecule has 4 heteroatoms. The highest BCUT2D eigenvalue weighted by Gasteiger charge is 2.59. The van der Waals surface area contributed by atoms with Crippen LogP contribution < -0.4 is 0 Å². The lowest BCUT2D eigenvalue weighted by atomic mass is 9.44. The molecule has 3 atom stereocenters. The first-order valence-electron chi connectivity index (χ1n) is 6.60. The van der Waals surface area contributed by atoms with Crippen molar-refractivity contribution >= 4 is 5.78 Å². The van der Waals surface area contributed by atoms with Gasteiger partial charge >= 0.3 is 0 Å². The first kappa shape index (κ1) is 12.3. The molecule has 4 rings (SSSR count). The summed E-state index contributed by atoms with van der Waals surface area (Å²) < 4.78 is 0.